The molecule has 0 amide bonds. The van der Waals surface area contributed by atoms with Crippen molar-refractivity contribution in [2.45, 2.75) is 57.0 Å². The zero-order chi connectivity index (χ0) is 13.7. The van der Waals surface area contributed by atoms with Gasteiger partial charge >= 0.3 is 0 Å². The molecule has 3 heteroatoms. The molecule has 1 unspecified atom stereocenters. The summed E-state index contributed by atoms with van der Waals surface area (Å²) < 4.78 is 26.1. The fourth-order valence-electron chi connectivity index (χ4n) is 2.84. The lowest BCUT2D eigenvalue weighted by molar-refractivity contribution is -0.0631. The Labute approximate surface area is 113 Å². The number of aryl methyl sites for hydroxylation is 1. The second-order valence-electron chi connectivity index (χ2n) is 5.64. The van der Waals surface area contributed by atoms with E-state index in [4.69, 9.17) is 0 Å². The molecule has 1 nitrogen and oxygen atoms in total. The van der Waals surface area contributed by atoms with Crippen molar-refractivity contribution in [1.82, 2.24) is 0 Å². The van der Waals surface area contributed by atoms with E-state index in [1.54, 1.807) is 0 Å². The maximum atomic E-state index is 13.0. The second kappa shape index (κ2) is 6.47. The highest BCUT2D eigenvalue weighted by atomic mass is 19.3. The largest absolute Gasteiger partial charge is 0.393 e. The van der Waals surface area contributed by atoms with Crippen LogP contribution in [0.15, 0.2) is 30.3 Å². The first-order valence-corrected chi connectivity index (χ1v) is 7.17. The number of hydrogen-bond donors (Lipinski definition) is 1. The molecule has 0 aliphatic heterocycles. The van der Waals surface area contributed by atoms with Crippen molar-refractivity contribution >= 4 is 0 Å². The van der Waals surface area contributed by atoms with Gasteiger partial charge in [-0.1, -0.05) is 30.3 Å². The minimum absolute atomic E-state index is 0.0621. The van der Waals surface area contributed by atoms with E-state index < -0.39 is 12.0 Å². The van der Waals surface area contributed by atoms with Gasteiger partial charge in [0.15, 0.2) is 0 Å². The Hall–Kier alpha value is -0.960. The van der Waals surface area contributed by atoms with Gasteiger partial charge in [0, 0.05) is 12.8 Å². The van der Waals surface area contributed by atoms with Crippen molar-refractivity contribution in [3.63, 3.8) is 0 Å². The van der Waals surface area contributed by atoms with E-state index >= 15 is 0 Å². The van der Waals surface area contributed by atoms with Crippen molar-refractivity contribution < 1.29 is 13.9 Å². The summed E-state index contributed by atoms with van der Waals surface area (Å²) in [4.78, 5) is 0. The first-order chi connectivity index (χ1) is 9.07. The summed E-state index contributed by atoms with van der Waals surface area (Å²) in [6.45, 7) is 0. The van der Waals surface area contributed by atoms with Gasteiger partial charge in [-0.15, -0.1) is 0 Å². The number of benzene rings is 1. The minimum atomic E-state index is -2.50. The van der Waals surface area contributed by atoms with Gasteiger partial charge in [0.25, 0.3) is 0 Å². The minimum Gasteiger partial charge on any atom is -0.393 e. The smallest absolute Gasteiger partial charge is 0.248 e. The average Bonchev–Trinajstić information content (AvgIpc) is 2.39. The van der Waals surface area contributed by atoms with Gasteiger partial charge in [0.05, 0.1) is 6.10 Å². The van der Waals surface area contributed by atoms with Crippen LogP contribution in [0.25, 0.3) is 0 Å². The quantitative estimate of drug-likeness (QED) is 0.848. The summed E-state index contributed by atoms with van der Waals surface area (Å²) in [6, 6.07) is 10.2. The fraction of sp³-hybridized carbons (Fsp3) is 0.625. The second-order valence-corrected chi connectivity index (χ2v) is 5.64. The standard InChI is InChI=1S/C16H22F2O/c17-16(18)11-9-14(10-12-16)15(19)8-4-7-13-5-2-1-3-6-13/h1-3,5-6,14-15,19H,4,7-12H2. The van der Waals surface area contributed by atoms with Crippen LogP contribution in [0.3, 0.4) is 0 Å². The molecule has 2 rings (SSSR count). The summed E-state index contributed by atoms with van der Waals surface area (Å²) in [5, 5.41) is 10.1. The third-order valence-electron chi connectivity index (χ3n) is 4.11. The molecule has 19 heavy (non-hydrogen) atoms. The van der Waals surface area contributed by atoms with Gasteiger partial charge in [-0.25, -0.2) is 8.78 Å². The number of aliphatic hydroxyl groups excluding tert-OH is 1. The molecule has 0 heterocycles. The molecule has 1 aromatic rings. The molecule has 1 aliphatic rings. The number of alkyl halides is 2. The van der Waals surface area contributed by atoms with Crippen LogP contribution < -0.4 is 0 Å². The maximum Gasteiger partial charge on any atom is 0.248 e. The van der Waals surface area contributed by atoms with E-state index in [-0.39, 0.29) is 18.8 Å². The van der Waals surface area contributed by atoms with Gasteiger partial charge < -0.3 is 5.11 Å². The number of hydrogen-bond acceptors (Lipinski definition) is 1. The Kier molecular flexibility index (Phi) is 4.92. The van der Waals surface area contributed by atoms with Crippen LogP contribution in [0, 0.1) is 5.92 Å². The SMILES string of the molecule is OC(CCCc1ccccc1)C1CCC(F)(F)CC1. The Morgan fingerprint density at radius 3 is 2.42 bits per heavy atom. The highest BCUT2D eigenvalue weighted by Gasteiger charge is 2.36. The topological polar surface area (TPSA) is 20.2 Å². The molecule has 1 aliphatic carbocycles. The average molecular weight is 268 g/mol. The summed E-state index contributed by atoms with van der Waals surface area (Å²) >= 11 is 0. The van der Waals surface area contributed by atoms with E-state index in [1.165, 1.54) is 5.56 Å². The zero-order valence-electron chi connectivity index (χ0n) is 11.2. The molecular weight excluding hydrogens is 246 g/mol. The number of rotatable bonds is 5. The first-order valence-electron chi connectivity index (χ1n) is 7.17. The third-order valence-corrected chi connectivity index (χ3v) is 4.11. The van der Waals surface area contributed by atoms with Crippen molar-refractivity contribution in [3.8, 4) is 0 Å². The van der Waals surface area contributed by atoms with E-state index in [9.17, 15) is 13.9 Å². The zero-order valence-corrected chi connectivity index (χ0v) is 11.2. The highest BCUT2D eigenvalue weighted by molar-refractivity contribution is 5.14. The van der Waals surface area contributed by atoms with Crippen molar-refractivity contribution in [2.75, 3.05) is 0 Å². The Morgan fingerprint density at radius 1 is 1.16 bits per heavy atom. The van der Waals surface area contributed by atoms with Crippen LogP contribution in [0.2, 0.25) is 0 Å². The predicted molar refractivity (Wildman–Crippen MR) is 72.3 cm³/mol. The van der Waals surface area contributed by atoms with E-state index in [2.05, 4.69) is 12.1 Å². The Bertz CT molecular complexity index is 368. The van der Waals surface area contributed by atoms with Crippen molar-refractivity contribution in [1.29, 1.82) is 0 Å². The van der Waals surface area contributed by atoms with Crippen LogP contribution in [0.4, 0.5) is 8.78 Å². The van der Waals surface area contributed by atoms with Gasteiger partial charge in [-0.2, -0.15) is 0 Å². The Balaban J connectivity index is 1.69. The van der Waals surface area contributed by atoms with E-state index in [0.717, 1.165) is 12.8 Å². The molecule has 0 spiro atoms. The highest BCUT2D eigenvalue weighted by Crippen LogP contribution is 2.38. The van der Waals surface area contributed by atoms with E-state index in [0.29, 0.717) is 19.3 Å². The molecule has 1 saturated carbocycles. The predicted octanol–water partition coefficient (Wildman–Crippen LogP) is 4.20. The molecule has 0 radical (unpaired) electrons. The number of aliphatic hydroxyl groups is 1. The van der Waals surface area contributed by atoms with Crippen LogP contribution in [-0.2, 0) is 6.42 Å². The van der Waals surface area contributed by atoms with Gasteiger partial charge in [0.1, 0.15) is 0 Å². The monoisotopic (exact) mass is 268 g/mol. The summed E-state index contributed by atoms with van der Waals surface area (Å²) in [6.07, 6.45) is 2.95. The Morgan fingerprint density at radius 2 is 1.79 bits per heavy atom. The van der Waals surface area contributed by atoms with E-state index in [1.807, 2.05) is 18.2 Å². The normalized spacial score (nSPS) is 21.2. The molecule has 0 aromatic heterocycles. The molecule has 0 saturated heterocycles. The molecule has 1 fully saturated rings. The number of halogens is 2. The van der Waals surface area contributed by atoms with Crippen LogP contribution in [0.5, 0.6) is 0 Å². The van der Waals surface area contributed by atoms with Crippen LogP contribution >= 0.6 is 0 Å². The van der Waals surface area contributed by atoms with Gasteiger partial charge in [-0.05, 0) is 43.6 Å². The lowest BCUT2D eigenvalue weighted by atomic mass is 9.82. The molecule has 0 bridgehead atoms. The van der Waals surface area contributed by atoms with Crippen molar-refractivity contribution in [2.24, 2.45) is 5.92 Å². The summed E-state index contributed by atoms with van der Waals surface area (Å²) in [7, 11) is 0. The lowest BCUT2D eigenvalue weighted by Crippen LogP contribution is -2.31. The fourth-order valence-corrected chi connectivity index (χ4v) is 2.84. The van der Waals surface area contributed by atoms with Gasteiger partial charge in [-0.3, -0.25) is 0 Å². The van der Waals surface area contributed by atoms with Crippen LogP contribution in [0.1, 0.15) is 44.1 Å². The molecule has 106 valence electrons. The summed E-state index contributed by atoms with van der Waals surface area (Å²) in [5.74, 6) is -2.43. The third kappa shape index (κ3) is 4.57. The van der Waals surface area contributed by atoms with Crippen molar-refractivity contribution in [3.05, 3.63) is 35.9 Å². The first kappa shape index (κ1) is 14.4. The molecule has 1 atom stereocenters. The summed E-state index contributed by atoms with van der Waals surface area (Å²) in [5.41, 5.74) is 1.27. The molecule has 1 N–H and O–H groups in total. The maximum absolute atomic E-state index is 13.0. The lowest BCUT2D eigenvalue weighted by Gasteiger charge is -2.31. The molecular formula is C16H22F2O. The molecule has 1 aromatic carbocycles. The van der Waals surface area contributed by atoms with Gasteiger partial charge in [0.2, 0.25) is 5.92 Å². The van der Waals surface area contributed by atoms with Crippen LogP contribution in [-0.4, -0.2) is 17.1 Å².